The fraction of sp³-hybridized carbons (Fsp3) is 0.438. The Morgan fingerprint density at radius 3 is 3.13 bits per heavy atom. The molecule has 1 aromatic carbocycles. The predicted molar refractivity (Wildman–Crippen MR) is 83.2 cm³/mol. The SMILES string of the molecule is Cc1nc(COc2cccc(C(=O)N3CCN[C@H](C)C3)c2)no1. The lowest BCUT2D eigenvalue weighted by Gasteiger charge is -2.32. The Morgan fingerprint density at radius 2 is 2.39 bits per heavy atom. The molecule has 1 aromatic heterocycles. The maximum Gasteiger partial charge on any atom is 0.254 e. The maximum absolute atomic E-state index is 12.6. The number of hydrogen-bond donors (Lipinski definition) is 1. The van der Waals surface area contributed by atoms with Crippen LogP contribution in [0.25, 0.3) is 0 Å². The number of rotatable bonds is 4. The molecule has 1 saturated heterocycles. The third kappa shape index (κ3) is 3.87. The summed E-state index contributed by atoms with van der Waals surface area (Å²) in [6, 6.07) is 7.50. The number of amides is 1. The van der Waals surface area contributed by atoms with Crippen molar-refractivity contribution in [1.82, 2.24) is 20.4 Å². The zero-order valence-electron chi connectivity index (χ0n) is 13.3. The van der Waals surface area contributed by atoms with Crippen LogP contribution in [0.15, 0.2) is 28.8 Å². The fourth-order valence-corrected chi connectivity index (χ4v) is 2.57. The molecular formula is C16H20N4O3. The van der Waals surface area contributed by atoms with E-state index in [2.05, 4.69) is 22.4 Å². The summed E-state index contributed by atoms with van der Waals surface area (Å²) < 4.78 is 10.5. The monoisotopic (exact) mass is 316 g/mol. The first-order valence-corrected chi connectivity index (χ1v) is 7.66. The second kappa shape index (κ2) is 6.78. The van der Waals surface area contributed by atoms with Crippen molar-refractivity contribution in [2.24, 2.45) is 0 Å². The quantitative estimate of drug-likeness (QED) is 0.918. The molecular weight excluding hydrogens is 296 g/mol. The molecule has 122 valence electrons. The smallest absolute Gasteiger partial charge is 0.254 e. The Morgan fingerprint density at radius 1 is 1.52 bits per heavy atom. The molecule has 0 radical (unpaired) electrons. The standard InChI is InChI=1S/C16H20N4O3/c1-11-9-20(7-6-17-11)16(21)13-4-3-5-14(8-13)22-10-15-18-12(2)23-19-15/h3-5,8,11,17H,6-7,9-10H2,1-2H3/t11-/m1/s1. The lowest BCUT2D eigenvalue weighted by molar-refractivity contribution is 0.0708. The summed E-state index contributed by atoms with van der Waals surface area (Å²) in [5.41, 5.74) is 0.626. The highest BCUT2D eigenvalue weighted by Gasteiger charge is 2.21. The second-order valence-corrected chi connectivity index (χ2v) is 5.65. The minimum absolute atomic E-state index is 0.0270. The van der Waals surface area contributed by atoms with Gasteiger partial charge in [-0.15, -0.1) is 0 Å². The van der Waals surface area contributed by atoms with Crippen molar-refractivity contribution in [1.29, 1.82) is 0 Å². The highest BCUT2D eigenvalue weighted by atomic mass is 16.5. The molecule has 1 N–H and O–H groups in total. The Balaban J connectivity index is 1.65. The van der Waals surface area contributed by atoms with Gasteiger partial charge < -0.3 is 19.5 Å². The molecule has 1 fully saturated rings. The van der Waals surface area contributed by atoms with Crippen molar-refractivity contribution in [3.05, 3.63) is 41.5 Å². The molecule has 0 aliphatic carbocycles. The largest absolute Gasteiger partial charge is 0.485 e. The third-order valence-electron chi connectivity index (χ3n) is 3.67. The summed E-state index contributed by atoms with van der Waals surface area (Å²) in [4.78, 5) is 18.5. The minimum Gasteiger partial charge on any atom is -0.485 e. The second-order valence-electron chi connectivity index (χ2n) is 5.65. The number of aryl methyl sites for hydroxylation is 1. The van der Waals surface area contributed by atoms with Crippen LogP contribution in [0.2, 0.25) is 0 Å². The Kier molecular flexibility index (Phi) is 4.57. The Hall–Kier alpha value is -2.41. The summed E-state index contributed by atoms with van der Waals surface area (Å²) in [5.74, 6) is 1.62. The van der Waals surface area contributed by atoms with E-state index in [0.717, 1.165) is 13.1 Å². The van der Waals surface area contributed by atoms with Gasteiger partial charge in [-0.3, -0.25) is 4.79 Å². The van der Waals surface area contributed by atoms with E-state index in [4.69, 9.17) is 9.26 Å². The Labute approximate surface area is 134 Å². The molecule has 1 aliphatic heterocycles. The summed E-state index contributed by atoms with van der Waals surface area (Å²) in [6.07, 6.45) is 0. The normalized spacial score (nSPS) is 18.0. The number of nitrogens with zero attached hydrogens (tertiary/aromatic N) is 3. The summed E-state index contributed by atoms with van der Waals surface area (Å²) in [5, 5.41) is 7.11. The van der Waals surface area contributed by atoms with Gasteiger partial charge in [0.15, 0.2) is 6.61 Å². The number of nitrogens with one attached hydrogen (secondary N) is 1. The van der Waals surface area contributed by atoms with Crippen LogP contribution in [0.4, 0.5) is 0 Å². The fourth-order valence-electron chi connectivity index (χ4n) is 2.57. The number of piperazine rings is 1. The molecule has 7 heteroatoms. The zero-order chi connectivity index (χ0) is 16.2. The van der Waals surface area contributed by atoms with Crippen LogP contribution in [-0.2, 0) is 6.61 Å². The van der Waals surface area contributed by atoms with Gasteiger partial charge in [0, 0.05) is 38.2 Å². The van der Waals surface area contributed by atoms with Gasteiger partial charge in [-0.2, -0.15) is 4.98 Å². The van der Waals surface area contributed by atoms with E-state index in [0.29, 0.717) is 35.6 Å². The lowest BCUT2D eigenvalue weighted by atomic mass is 10.1. The van der Waals surface area contributed by atoms with Gasteiger partial charge in [-0.05, 0) is 25.1 Å². The molecule has 3 rings (SSSR count). The molecule has 23 heavy (non-hydrogen) atoms. The van der Waals surface area contributed by atoms with E-state index in [1.807, 2.05) is 17.0 Å². The minimum atomic E-state index is 0.0270. The molecule has 1 aliphatic rings. The molecule has 0 saturated carbocycles. The highest BCUT2D eigenvalue weighted by molar-refractivity contribution is 5.94. The summed E-state index contributed by atoms with van der Waals surface area (Å²) in [7, 11) is 0. The van der Waals surface area contributed by atoms with Crippen LogP contribution in [0.1, 0.15) is 29.0 Å². The summed E-state index contributed by atoms with van der Waals surface area (Å²) >= 11 is 0. The molecule has 2 heterocycles. The van der Waals surface area contributed by atoms with Crippen LogP contribution < -0.4 is 10.1 Å². The topological polar surface area (TPSA) is 80.5 Å². The van der Waals surface area contributed by atoms with E-state index < -0.39 is 0 Å². The first-order chi connectivity index (χ1) is 11.1. The molecule has 1 amide bonds. The van der Waals surface area contributed by atoms with Crippen LogP contribution in [0.3, 0.4) is 0 Å². The first kappa shape index (κ1) is 15.5. The first-order valence-electron chi connectivity index (χ1n) is 7.66. The van der Waals surface area contributed by atoms with Gasteiger partial charge in [0.05, 0.1) is 0 Å². The third-order valence-corrected chi connectivity index (χ3v) is 3.67. The van der Waals surface area contributed by atoms with E-state index >= 15 is 0 Å². The highest BCUT2D eigenvalue weighted by Crippen LogP contribution is 2.17. The molecule has 0 unspecified atom stereocenters. The maximum atomic E-state index is 12.6. The van der Waals surface area contributed by atoms with Gasteiger partial charge in [-0.25, -0.2) is 0 Å². The van der Waals surface area contributed by atoms with Gasteiger partial charge in [0.25, 0.3) is 5.91 Å². The molecule has 2 aromatic rings. The molecule has 7 nitrogen and oxygen atoms in total. The van der Waals surface area contributed by atoms with Crippen molar-refractivity contribution in [2.45, 2.75) is 26.5 Å². The number of ether oxygens (including phenoxy) is 1. The number of carbonyl (C=O) groups is 1. The molecule has 0 bridgehead atoms. The predicted octanol–water partition coefficient (Wildman–Crippen LogP) is 1.39. The average Bonchev–Trinajstić information content (AvgIpc) is 2.98. The van der Waals surface area contributed by atoms with Crippen molar-refractivity contribution in [2.75, 3.05) is 19.6 Å². The van der Waals surface area contributed by atoms with Crippen LogP contribution >= 0.6 is 0 Å². The van der Waals surface area contributed by atoms with Crippen LogP contribution in [-0.4, -0.2) is 46.6 Å². The molecule has 1 atom stereocenters. The van der Waals surface area contributed by atoms with E-state index in [-0.39, 0.29) is 12.5 Å². The van der Waals surface area contributed by atoms with Crippen LogP contribution in [0, 0.1) is 6.92 Å². The Bertz CT molecular complexity index is 685. The van der Waals surface area contributed by atoms with Crippen LogP contribution in [0.5, 0.6) is 5.75 Å². The van der Waals surface area contributed by atoms with E-state index in [9.17, 15) is 4.79 Å². The average molecular weight is 316 g/mol. The van der Waals surface area contributed by atoms with Crippen molar-refractivity contribution in [3.8, 4) is 5.75 Å². The van der Waals surface area contributed by atoms with E-state index in [1.54, 1.807) is 19.1 Å². The van der Waals surface area contributed by atoms with Gasteiger partial charge in [0.1, 0.15) is 5.75 Å². The number of hydrogen-bond acceptors (Lipinski definition) is 6. The number of benzene rings is 1. The number of aromatic nitrogens is 2. The van der Waals surface area contributed by atoms with Crippen molar-refractivity contribution in [3.63, 3.8) is 0 Å². The lowest BCUT2D eigenvalue weighted by Crippen LogP contribution is -2.51. The van der Waals surface area contributed by atoms with Gasteiger partial charge in [-0.1, -0.05) is 11.2 Å². The number of carbonyl (C=O) groups excluding carboxylic acids is 1. The van der Waals surface area contributed by atoms with Gasteiger partial charge >= 0.3 is 0 Å². The zero-order valence-corrected chi connectivity index (χ0v) is 13.3. The van der Waals surface area contributed by atoms with Crippen molar-refractivity contribution < 1.29 is 14.1 Å². The van der Waals surface area contributed by atoms with Gasteiger partial charge in [0.2, 0.25) is 11.7 Å². The van der Waals surface area contributed by atoms with Crippen molar-refractivity contribution >= 4 is 5.91 Å². The molecule has 0 spiro atoms. The van der Waals surface area contributed by atoms with E-state index in [1.165, 1.54) is 0 Å². The summed E-state index contributed by atoms with van der Waals surface area (Å²) in [6.45, 7) is 6.26.